The lowest BCUT2D eigenvalue weighted by Gasteiger charge is -2.32. The molecule has 1 fully saturated rings. The number of piperidine rings is 1. The summed E-state index contributed by atoms with van der Waals surface area (Å²) in [5.41, 5.74) is 1.34. The lowest BCUT2D eigenvalue weighted by Crippen LogP contribution is -2.41. The van der Waals surface area contributed by atoms with Crippen molar-refractivity contribution in [1.82, 2.24) is 14.6 Å². The van der Waals surface area contributed by atoms with Gasteiger partial charge >= 0.3 is 6.18 Å². The highest BCUT2D eigenvalue weighted by Gasteiger charge is 2.32. The molecule has 0 spiro atoms. The largest absolute Gasteiger partial charge is 0.417 e. The second-order valence-electron chi connectivity index (χ2n) is 7.29. The monoisotopic (exact) mass is 403 g/mol. The van der Waals surface area contributed by atoms with Gasteiger partial charge in [-0.2, -0.15) is 13.2 Å². The van der Waals surface area contributed by atoms with E-state index in [1.165, 1.54) is 10.5 Å². The van der Waals surface area contributed by atoms with Crippen LogP contribution in [0, 0.1) is 12.8 Å². The third-order valence-corrected chi connectivity index (χ3v) is 5.07. The molecule has 1 aliphatic heterocycles. The van der Waals surface area contributed by atoms with E-state index in [1.807, 2.05) is 36.1 Å². The lowest BCUT2D eigenvalue weighted by molar-refractivity contribution is -0.137. The number of carbonyl (C=O) groups is 1. The Morgan fingerprint density at radius 3 is 2.79 bits per heavy atom. The van der Waals surface area contributed by atoms with Gasteiger partial charge in [-0.15, -0.1) is 10.2 Å². The fraction of sp³-hybridized carbons (Fsp3) is 0.350. The zero-order chi connectivity index (χ0) is 20.6. The number of nitrogens with zero attached hydrogens (tertiary/aromatic N) is 4. The van der Waals surface area contributed by atoms with Gasteiger partial charge in [0.2, 0.25) is 11.9 Å². The SMILES string of the molecule is Cc1cccc(NC(=O)[C@@H]2CCCN(c3nnc4ccc(C(F)(F)F)cn34)C2)c1. The molecule has 3 heterocycles. The van der Waals surface area contributed by atoms with Crippen molar-refractivity contribution in [3.63, 3.8) is 0 Å². The smallest absolute Gasteiger partial charge is 0.340 e. The number of anilines is 2. The van der Waals surface area contributed by atoms with E-state index in [9.17, 15) is 18.0 Å². The molecule has 0 unspecified atom stereocenters. The standard InChI is InChI=1S/C20H20F3N5O/c1-13-4-2-6-16(10-13)24-18(29)14-5-3-9-27(11-14)19-26-25-17-8-7-15(12-28(17)19)20(21,22)23/h2,4,6-8,10,12,14H,3,5,9,11H2,1H3,(H,24,29)/t14-/m1/s1. The number of pyridine rings is 1. The molecular weight excluding hydrogens is 383 g/mol. The topological polar surface area (TPSA) is 62.5 Å². The highest BCUT2D eigenvalue weighted by Crippen LogP contribution is 2.31. The highest BCUT2D eigenvalue weighted by atomic mass is 19.4. The molecule has 4 rings (SSSR count). The Bertz CT molecular complexity index is 1050. The van der Waals surface area contributed by atoms with Crippen LogP contribution in [0.1, 0.15) is 24.0 Å². The maximum absolute atomic E-state index is 13.1. The van der Waals surface area contributed by atoms with Crippen molar-refractivity contribution in [1.29, 1.82) is 0 Å². The maximum Gasteiger partial charge on any atom is 0.417 e. The number of amides is 1. The van der Waals surface area contributed by atoms with Gasteiger partial charge in [0.15, 0.2) is 5.65 Å². The molecule has 1 saturated heterocycles. The first-order valence-corrected chi connectivity index (χ1v) is 9.36. The molecule has 0 aliphatic carbocycles. The van der Waals surface area contributed by atoms with E-state index in [2.05, 4.69) is 15.5 Å². The van der Waals surface area contributed by atoms with Crippen LogP contribution < -0.4 is 10.2 Å². The summed E-state index contributed by atoms with van der Waals surface area (Å²) in [4.78, 5) is 14.5. The zero-order valence-electron chi connectivity index (χ0n) is 15.8. The number of halogens is 3. The first-order chi connectivity index (χ1) is 13.8. The third-order valence-electron chi connectivity index (χ3n) is 5.07. The normalized spacial score (nSPS) is 17.5. The Morgan fingerprint density at radius 1 is 1.21 bits per heavy atom. The third kappa shape index (κ3) is 4.03. The van der Waals surface area contributed by atoms with Gasteiger partial charge in [0.05, 0.1) is 11.5 Å². The summed E-state index contributed by atoms with van der Waals surface area (Å²) in [7, 11) is 0. The van der Waals surface area contributed by atoms with E-state index >= 15 is 0 Å². The average Bonchev–Trinajstić information content (AvgIpc) is 3.11. The summed E-state index contributed by atoms with van der Waals surface area (Å²) in [6.45, 7) is 2.92. The number of hydrogen-bond acceptors (Lipinski definition) is 4. The second-order valence-corrected chi connectivity index (χ2v) is 7.29. The van der Waals surface area contributed by atoms with Crippen molar-refractivity contribution < 1.29 is 18.0 Å². The number of carbonyl (C=O) groups excluding carboxylic acids is 1. The van der Waals surface area contributed by atoms with E-state index in [0.29, 0.717) is 31.1 Å². The summed E-state index contributed by atoms with van der Waals surface area (Å²) >= 11 is 0. The van der Waals surface area contributed by atoms with Crippen LogP contribution in [0.2, 0.25) is 0 Å². The van der Waals surface area contributed by atoms with E-state index in [0.717, 1.165) is 29.9 Å². The fourth-order valence-corrected chi connectivity index (χ4v) is 3.60. The first kappa shape index (κ1) is 19.2. The van der Waals surface area contributed by atoms with E-state index in [4.69, 9.17) is 0 Å². The van der Waals surface area contributed by atoms with E-state index < -0.39 is 11.7 Å². The molecule has 29 heavy (non-hydrogen) atoms. The van der Waals surface area contributed by atoms with Gasteiger partial charge in [-0.25, -0.2) is 0 Å². The van der Waals surface area contributed by atoms with Gasteiger partial charge < -0.3 is 10.2 Å². The molecule has 1 atom stereocenters. The van der Waals surface area contributed by atoms with Gasteiger partial charge in [-0.05, 0) is 49.6 Å². The van der Waals surface area contributed by atoms with Gasteiger partial charge in [0.25, 0.3) is 0 Å². The predicted molar refractivity (Wildman–Crippen MR) is 103 cm³/mol. The number of aryl methyl sites for hydroxylation is 1. The van der Waals surface area contributed by atoms with Crippen LogP contribution in [0.3, 0.4) is 0 Å². The number of aromatic nitrogens is 3. The Hall–Kier alpha value is -3.10. The summed E-state index contributed by atoms with van der Waals surface area (Å²) in [5.74, 6) is -0.0772. The van der Waals surface area contributed by atoms with Crippen LogP contribution in [-0.4, -0.2) is 33.6 Å². The van der Waals surface area contributed by atoms with Crippen LogP contribution in [0.15, 0.2) is 42.6 Å². The number of rotatable bonds is 3. The number of alkyl halides is 3. The number of hydrogen-bond donors (Lipinski definition) is 1. The van der Waals surface area contributed by atoms with Crippen molar-refractivity contribution in [2.75, 3.05) is 23.3 Å². The highest BCUT2D eigenvalue weighted by molar-refractivity contribution is 5.93. The Labute approximate surface area is 165 Å². The quantitative estimate of drug-likeness (QED) is 0.720. The number of fused-ring (bicyclic) bond motifs is 1. The maximum atomic E-state index is 13.1. The Morgan fingerprint density at radius 2 is 2.03 bits per heavy atom. The molecule has 6 nitrogen and oxygen atoms in total. The minimum Gasteiger partial charge on any atom is -0.340 e. The molecule has 9 heteroatoms. The van der Waals surface area contributed by atoms with Crippen LogP contribution in [0.5, 0.6) is 0 Å². The molecule has 1 N–H and O–H groups in total. The minimum absolute atomic E-state index is 0.106. The van der Waals surface area contributed by atoms with E-state index in [1.54, 1.807) is 0 Å². The summed E-state index contributed by atoms with van der Waals surface area (Å²) in [5, 5.41) is 11.0. The number of benzene rings is 1. The van der Waals surface area contributed by atoms with Gasteiger partial charge in [-0.1, -0.05) is 12.1 Å². The predicted octanol–water partition coefficient (Wildman–Crippen LogP) is 3.91. The van der Waals surface area contributed by atoms with Crippen LogP contribution >= 0.6 is 0 Å². The zero-order valence-corrected chi connectivity index (χ0v) is 15.8. The van der Waals surface area contributed by atoms with Crippen LogP contribution in [0.4, 0.5) is 24.8 Å². The molecule has 1 amide bonds. The molecule has 0 radical (unpaired) electrons. The second kappa shape index (κ2) is 7.38. The van der Waals surface area contributed by atoms with Gasteiger partial charge in [0, 0.05) is 25.0 Å². The van der Waals surface area contributed by atoms with Crippen molar-refractivity contribution >= 4 is 23.2 Å². The molecule has 1 aromatic carbocycles. The number of nitrogens with one attached hydrogen (secondary N) is 1. The fourth-order valence-electron chi connectivity index (χ4n) is 3.60. The molecule has 0 bridgehead atoms. The summed E-state index contributed by atoms with van der Waals surface area (Å²) in [6.07, 6.45) is -2.01. The summed E-state index contributed by atoms with van der Waals surface area (Å²) in [6, 6.07) is 9.83. The average molecular weight is 403 g/mol. The van der Waals surface area contributed by atoms with E-state index in [-0.39, 0.29) is 11.8 Å². The van der Waals surface area contributed by atoms with Crippen molar-refractivity contribution in [3.05, 3.63) is 53.7 Å². The molecular formula is C20H20F3N5O. The van der Waals surface area contributed by atoms with Crippen molar-refractivity contribution in [2.45, 2.75) is 25.9 Å². The van der Waals surface area contributed by atoms with Crippen molar-refractivity contribution in [2.24, 2.45) is 5.92 Å². The van der Waals surface area contributed by atoms with Crippen molar-refractivity contribution in [3.8, 4) is 0 Å². The minimum atomic E-state index is -4.45. The molecule has 1 aliphatic rings. The lowest BCUT2D eigenvalue weighted by atomic mass is 9.97. The summed E-state index contributed by atoms with van der Waals surface area (Å²) < 4.78 is 40.6. The first-order valence-electron chi connectivity index (χ1n) is 9.36. The molecule has 152 valence electrons. The molecule has 3 aromatic rings. The molecule has 0 saturated carbocycles. The van der Waals surface area contributed by atoms with Crippen LogP contribution in [-0.2, 0) is 11.0 Å². The van der Waals surface area contributed by atoms with Crippen LogP contribution in [0.25, 0.3) is 5.65 Å². The Kier molecular flexibility index (Phi) is 4.89. The molecule has 2 aromatic heterocycles. The van der Waals surface area contributed by atoms with Gasteiger partial charge in [0.1, 0.15) is 0 Å². The van der Waals surface area contributed by atoms with Gasteiger partial charge in [-0.3, -0.25) is 9.20 Å². The Balaban J connectivity index is 1.54.